The Morgan fingerprint density at radius 1 is 1.19 bits per heavy atom. The molecule has 31 heavy (non-hydrogen) atoms. The number of aryl methyl sites for hydroxylation is 2. The van der Waals surface area contributed by atoms with Crippen molar-refractivity contribution in [3.05, 3.63) is 77.3 Å². The van der Waals surface area contributed by atoms with Crippen LogP contribution in [-0.4, -0.2) is 20.4 Å². The molecule has 0 saturated heterocycles. The van der Waals surface area contributed by atoms with Crippen molar-refractivity contribution in [3.63, 3.8) is 0 Å². The van der Waals surface area contributed by atoms with Gasteiger partial charge in [-0.3, -0.25) is 9.69 Å². The summed E-state index contributed by atoms with van der Waals surface area (Å²) >= 11 is 3.13. The number of aromatic nitrogens is 3. The maximum absolute atomic E-state index is 12.4. The molecule has 7 heteroatoms. The first-order chi connectivity index (χ1) is 15.0. The van der Waals surface area contributed by atoms with E-state index < -0.39 is 0 Å². The molecule has 0 unspecified atom stereocenters. The van der Waals surface area contributed by atoms with Gasteiger partial charge in [-0.25, -0.2) is 9.97 Å². The molecule has 0 aliphatic rings. The van der Waals surface area contributed by atoms with Crippen LogP contribution in [0.25, 0.3) is 11.0 Å². The van der Waals surface area contributed by atoms with Gasteiger partial charge >= 0.3 is 0 Å². The molecule has 5 nitrogen and oxygen atoms in total. The number of hydrogen-bond acceptors (Lipinski definition) is 5. The van der Waals surface area contributed by atoms with Crippen molar-refractivity contribution < 1.29 is 4.79 Å². The molecule has 4 rings (SSSR count). The third-order valence-electron chi connectivity index (χ3n) is 5.07. The van der Waals surface area contributed by atoms with Gasteiger partial charge in [-0.15, -0.1) is 17.9 Å². The van der Waals surface area contributed by atoms with E-state index in [1.54, 1.807) is 23.6 Å². The summed E-state index contributed by atoms with van der Waals surface area (Å²) in [6.07, 6.45) is 1.88. The number of allylic oxidation sites excluding steroid dienone is 1. The smallest absolute Gasteiger partial charge is 0.230 e. The predicted molar refractivity (Wildman–Crippen MR) is 130 cm³/mol. The number of fused-ring (bicyclic) bond motifs is 1. The van der Waals surface area contributed by atoms with Crippen LogP contribution in [0, 0.1) is 13.8 Å². The SMILES string of the molecule is C=CCn1c(SCc2csc(N(C(C)=O)c3ccc(C)c(C)c3)n2)nc2ccccc21. The highest BCUT2D eigenvalue weighted by atomic mass is 32.2. The third kappa shape index (κ3) is 4.43. The van der Waals surface area contributed by atoms with Crippen molar-refractivity contribution in [3.8, 4) is 0 Å². The van der Waals surface area contributed by atoms with Gasteiger partial charge in [0.2, 0.25) is 5.91 Å². The van der Waals surface area contributed by atoms with Crippen LogP contribution in [0.2, 0.25) is 0 Å². The van der Waals surface area contributed by atoms with E-state index in [4.69, 9.17) is 9.97 Å². The first-order valence-electron chi connectivity index (χ1n) is 9.99. The van der Waals surface area contributed by atoms with Crippen LogP contribution in [0.4, 0.5) is 10.8 Å². The number of thioether (sulfide) groups is 1. The summed E-state index contributed by atoms with van der Waals surface area (Å²) < 4.78 is 2.16. The zero-order valence-electron chi connectivity index (χ0n) is 17.8. The Morgan fingerprint density at radius 2 is 2.00 bits per heavy atom. The van der Waals surface area contributed by atoms with Gasteiger partial charge in [-0.2, -0.15) is 0 Å². The van der Waals surface area contributed by atoms with Crippen molar-refractivity contribution in [2.45, 2.75) is 38.2 Å². The summed E-state index contributed by atoms with van der Waals surface area (Å²) in [7, 11) is 0. The van der Waals surface area contributed by atoms with Crippen LogP contribution >= 0.6 is 23.1 Å². The Hall–Kier alpha value is -2.90. The molecule has 0 bridgehead atoms. The number of carbonyl (C=O) groups is 1. The summed E-state index contributed by atoms with van der Waals surface area (Å²) in [5.41, 5.74) is 6.20. The van der Waals surface area contributed by atoms with Crippen molar-refractivity contribution in [2.24, 2.45) is 0 Å². The number of amides is 1. The van der Waals surface area contributed by atoms with Crippen LogP contribution < -0.4 is 4.90 Å². The van der Waals surface area contributed by atoms with Gasteiger partial charge in [-0.1, -0.05) is 36.0 Å². The van der Waals surface area contributed by atoms with Crippen molar-refractivity contribution >= 4 is 50.9 Å². The van der Waals surface area contributed by atoms with Crippen molar-refractivity contribution in [2.75, 3.05) is 4.90 Å². The molecular formula is C24H24N4OS2. The topological polar surface area (TPSA) is 51.0 Å². The molecule has 2 aromatic heterocycles. The molecule has 0 saturated carbocycles. The van der Waals surface area contributed by atoms with Crippen LogP contribution in [0.3, 0.4) is 0 Å². The summed E-state index contributed by atoms with van der Waals surface area (Å²) in [5.74, 6) is 0.625. The first-order valence-corrected chi connectivity index (χ1v) is 11.9. The molecule has 158 valence electrons. The third-order valence-corrected chi connectivity index (χ3v) is 6.96. The number of anilines is 2. The Morgan fingerprint density at radius 3 is 2.74 bits per heavy atom. The van der Waals surface area contributed by atoms with Crippen LogP contribution in [-0.2, 0) is 17.1 Å². The van der Waals surface area contributed by atoms with E-state index in [0.29, 0.717) is 17.4 Å². The van der Waals surface area contributed by atoms with Gasteiger partial charge in [0.25, 0.3) is 0 Å². The van der Waals surface area contributed by atoms with Gasteiger partial charge in [0.1, 0.15) is 0 Å². The van der Waals surface area contributed by atoms with Crippen LogP contribution in [0.5, 0.6) is 0 Å². The van der Waals surface area contributed by atoms with Crippen LogP contribution in [0.15, 0.2) is 65.7 Å². The fourth-order valence-corrected chi connectivity index (χ4v) is 5.27. The van der Waals surface area contributed by atoms with Gasteiger partial charge < -0.3 is 4.57 Å². The molecule has 0 fully saturated rings. The lowest BCUT2D eigenvalue weighted by Crippen LogP contribution is -2.22. The second kappa shape index (κ2) is 9.08. The Bertz CT molecular complexity index is 1260. The molecule has 4 aromatic rings. The number of imidazole rings is 1. The number of benzene rings is 2. The van der Waals surface area contributed by atoms with E-state index in [1.165, 1.54) is 16.9 Å². The molecule has 0 spiro atoms. The molecule has 0 aliphatic heterocycles. The lowest BCUT2D eigenvalue weighted by molar-refractivity contribution is -0.115. The van der Waals surface area contributed by atoms with Gasteiger partial charge in [0.05, 0.1) is 22.4 Å². The maximum Gasteiger partial charge on any atom is 0.230 e. The summed E-state index contributed by atoms with van der Waals surface area (Å²) in [6, 6.07) is 14.2. The first kappa shape index (κ1) is 21.3. The molecule has 0 atom stereocenters. The fraction of sp³-hybridized carbons (Fsp3) is 0.208. The number of rotatable bonds is 7. The highest BCUT2D eigenvalue weighted by Crippen LogP contribution is 2.33. The van der Waals surface area contributed by atoms with E-state index in [9.17, 15) is 4.79 Å². The zero-order valence-corrected chi connectivity index (χ0v) is 19.5. The molecular weight excluding hydrogens is 424 g/mol. The minimum atomic E-state index is -0.0513. The number of nitrogens with zero attached hydrogens (tertiary/aromatic N) is 4. The molecule has 1 amide bonds. The largest absolute Gasteiger partial charge is 0.315 e. The predicted octanol–water partition coefficient (Wildman–Crippen LogP) is 6.27. The summed E-state index contributed by atoms with van der Waals surface area (Å²) in [4.78, 5) is 23.6. The second-order valence-electron chi connectivity index (χ2n) is 7.32. The average molecular weight is 449 g/mol. The van der Waals surface area contributed by atoms with E-state index in [2.05, 4.69) is 31.1 Å². The van der Waals surface area contributed by atoms with Crippen molar-refractivity contribution in [1.82, 2.24) is 14.5 Å². The van der Waals surface area contributed by atoms with Gasteiger partial charge in [0.15, 0.2) is 10.3 Å². The molecule has 2 heterocycles. The lowest BCUT2D eigenvalue weighted by atomic mass is 10.1. The lowest BCUT2D eigenvalue weighted by Gasteiger charge is -2.19. The molecule has 0 N–H and O–H groups in total. The summed E-state index contributed by atoms with van der Waals surface area (Å²) in [5, 5.41) is 3.64. The molecule has 0 aliphatic carbocycles. The van der Waals surface area contributed by atoms with Gasteiger partial charge in [0, 0.05) is 24.6 Å². The normalized spacial score (nSPS) is 11.1. The van der Waals surface area contributed by atoms with E-state index in [-0.39, 0.29) is 5.91 Å². The molecule has 2 aromatic carbocycles. The Labute approximate surface area is 190 Å². The number of para-hydroxylation sites is 2. The highest BCUT2D eigenvalue weighted by Gasteiger charge is 2.19. The monoisotopic (exact) mass is 448 g/mol. The van der Waals surface area contributed by atoms with Crippen molar-refractivity contribution in [1.29, 1.82) is 0 Å². The number of carbonyl (C=O) groups excluding carboxylic acids is 1. The van der Waals surface area contributed by atoms with E-state index >= 15 is 0 Å². The quantitative estimate of drug-likeness (QED) is 0.247. The zero-order chi connectivity index (χ0) is 22.0. The number of thiazole rings is 1. The standard InChI is InChI=1S/C24H24N4OS2/c1-5-12-27-22-9-7-6-8-21(22)26-23(27)30-14-19-15-31-24(25-19)28(18(4)29)20-11-10-16(2)17(3)13-20/h5-11,13,15H,1,12,14H2,2-4H3. The molecule has 0 radical (unpaired) electrons. The second-order valence-corrected chi connectivity index (χ2v) is 9.09. The van der Waals surface area contributed by atoms with E-state index in [1.807, 2.05) is 47.9 Å². The average Bonchev–Trinajstić information content (AvgIpc) is 3.34. The minimum Gasteiger partial charge on any atom is -0.315 e. The minimum absolute atomic E-state index is 0.0513. The fourth-order valence-electron chi connectivity index (χ4n) is 3.36. The van der Waals surface area contributed by atoms with Crippen LogP contribution in [0.1, 0.15) is 23.7 Å². The summed E-state index contributed by atoms with van der Waals surface area (Å²) in [6.45, 7) is 10.3. The Kier molecular flexibility index (Phi) is 6.25. The van der Waals surface area contributed by atoms with Gasteiger partial charge in [-0.05, 0) is 49.2 Å². The Balaban J connectivity index is 1.57. The van der Waals surface area contributed by atoms with E-state index in [0.717, 1.165) is 33.1 Å². The highest BCUT2D eigenvalue weighted by molar-refractivity contribution is 7.98. The number of hydrogen-bond donors (Lipinski definition) is 0. The maximum atomic E-state index is 12.4.